The van der Waals surface area contributed by atoms with Gasteiger partial charge in [0, 0.05) is 10.2 Å². The van der Waals surface area contributed by atoms with Crippen molar-refractivity contribution in [3.05, 3.63) is 46.4 Å². The molecule has 0 aliphatic rings. The van der Waals surface area contributed by atoms with E-state index in [2.05, 4.69) is 28.9 Å². The van der Waals surface area contributed by atoms with Crippen LogP contribution < -0.4 is 5.73 Å². The van der Waals surface area contributed by atoms with Crippen LogP contribution in [0.15, 0.2) is 40.9 Å². The number of nitrogen functional groups attached to an aromatic ring is 1. The molecule has 0 aliphatic heterocycles. The van der Waals surface area contributed by atoms with Gasteiger partial charge in [-0.15, -0.1) is 0 Å². The summed E-state index contributed by atoms with van der Waals surface area (Å²) in [5.41, 5.74) is 10.1. The Morgan fingerprint density at radius 3 is 2.44 bits per heavy atom. The van der Waals surface area contributed by atoms with Gasteiger partial charge in [-0.2, -0.15) is 0 Å². The SMILES string of the molecule is CCCc1cc(N)c(Br)c(-c2ccc(O)cc2)c1. The van der Waals surface area contributed by atoms with E-state index in [1.807, 2.05) is 18.2 Å². The Bertz CT molecular complexity index is 549. The Morgan fingerprint density at radius 2 is 1.83 bits per heavy atom. The van der Waals surface area contributed by atoms with Gasteiger partial charge in [0.2, 0.25) is 0 Å². The molecule has 0 fully saturated rings. The smallest absolute Gasteiger partial charge is 0.115 e. The summed E-state index contributed by atoms with van der Waals surface area (Å²) in [5.74, 6) is 0.271. The summed E-state index contributed by atoms with van der Waals surface area (Å²) in [5, 5.41) is 9.33. The van der Waals surface area contributed by atoms with Crippen molar-refractivity contribution in [2.45, 2.75) is 19.8 Å². The van der Waals surface area contributed by atoms with Gasteiger partial charge in [-0.25, -0.2) is 0 Å². The number of hydrogen-bond acceptors (Lipinski definition) is 2. The minimum atomic E-state index is 0.271. The van der Waals surface area contributed by atoms with E-state index in [0.717, 1.165) is 34.1 Å². The molecular formula is C15H16BrNO. The van der Waals surface area contributed by atoms with E-state index in [0.29, 0.717) is 0 Å². The Morgan fingerprint density at radius 1 is 1.17 bits per heavy atom. The summed E-state index contributed by atoms with van der Waals surface area (Å²) in [6.45, 7) is 2.15. The number of aromatic hydroxyl groups is 1. The first-order valence-corrected chi connectivity index (χ1v) is 6.78. The quantitative estimate of drug-likeness (QED) is 0.828. The number of nitrogens with two attached hydrogens (primary N) is 1. The molecule has 0 heterocycles. The number of anilines is 1. The van der Waals surface area contributed by atoms with Crippen LogP contribution in [0.5, 0.6) is 5.75 Å². The average Bonchev–Trinajstić information content (AvgIpc) is 2.35. The second-order valence-corrected chi connectivity index (χ2v) is 5.14. The van der Waals surface area contributed by atoms with Gasteiger partial charge in [-0.05, 0) is 63.3 Å². The van der Waals surface area contributed by atoms with E-state index in [1.165, 1.54) is 5.56 Å². The zero-order chi connectivity index (χ0) is 13.1. The molecule has 0 unspecified atom stereocenters. The Hall–Kier alpha value is -1.48. The van der Waals surface area contributed by atoms with E-state index < -0.39 is 0 Å². The predicted molar refractivity (Wildman–Crippen MR) is 79.7 cm³/mol. The molecule has 0 aromatic heterocycles. The summed E-state index contributed by atoms with van der Waals surface area (Å²) in [7, 11) is 0. The standard InChI is InChI=1S/C15H16BrNO/c1-2-3-10-8-13(15(16)14(17)9-10)11-4-6-12(18)7-5-11/h4-9,18H,2-3,17H2,1H3. The van der Waals surface area contributed by atoms with Gasteiger partial charge in [-0.1, -0.05) is 25.5 Å². The van der Waals surface area contributed by atoms with Crippen LogP contribution in [0.2, 0.25) is 0 Å². The topological polar surface area (TPSA) is 46.2 Å². The fourth-order valence-electron chi connectivity index (χ4n) is 1.99. The molecule has 2 aromatic carbocycles. The maximum absolute atomic E-state index is 9.33. The molecule has 94 valence electrons. The highest BCUT2D eigenvalue weighted by molar-refractivity contribution is 9.10. The van der Waals surface area contributed by atoms with E-state index in [-0.39, 0.29) is 5.75 Å². The lowest BCUT2D eigenvalue weighted by Gasteiger charge is -2.11. The summed E-state index contributed by atoms with van der Waals surface area (Å²) in [6.07, 6.45) is 2.11. The van der Waals surface area contributed by atoms with E-state index in [4.69, 9.17) is 5.73 Å². The molecule has 3 N–H and O–H groups in total. The molecule has 0 bridgehead atoms. The van der Waals surface area contributed by atoms with Crippen LogP contribution in [-0.4, -0.2) is 5.11 Å². The molecule has 18 heavy (non-hydrogen) atoms. The lowest BCUT2D eigenvalue weighted by Crippen LogP contribution is -1.94. The normalized spacial score (nSPS) is 10.6. The van der Waals surface area contributed by atoms with Crippen LogP contribution >= 0.6 is 15.9 Å². The highest BCUT2D eigenvalue weighted by atomic mass is 79.9. The third kappa shape index (κ3) is 2.67. The number of phenolic OH excluding ortho intramolecular Hbond substituents is 1. The minimum absolute atomic E-state index is 0.271. The molecule has 0 spiro atoms. The van der Waals surface area contributed by atoms with Crippen molar-refractivity contribution in [2.24, 2.45) is 0 Å². The van der Waals surface area contributed by atoms with Crippen molar-refractivity contribution < 1.29 is 5.11 Å². The highest BCUT2D eigenvalue weighted by Crippen LogP contribution is 2.35. The zero-order valence-corrected chi connectivity index (χ0v) is 11.9. The van der Waals surface area contributed by atoms with Gasteiger partial charge in [0.15, 0.2) is 0 Å². The van der Waals surface area contributed by atoms with Crippen LogP contribution in [-0.2, 0) is 6.42 Å². The van der Waals surface area contributed by atoms with Crippen LogP contribution in [0.3, 0.4) is 0 Å². The molecule has 2 aromatic rings. The zero-order valence-electron chi connectivity index (χ0n) is 10.3. The second-order valence-electron chi connectivity index (χ2n) is 4.34. The molecule has 0 radical (unpaired) electrons. The van der Waals surface area contributed by atoms with Crippen molar-refractivity contribution in [2.75, 3.05) is 5.73 Å². The molecule has 2 nitrogen and oxygen atoms in total. The first kappa shape index (κ1) is 13.0. The van der Waals surface area contributed by atoms with Gasteiger partial charge >= 0.3 is 0 Å². The van der Waals surface area contributed by atoms with Gasteiger partial charge in [0.05, 0.1) is 0 Å². The van der Waals surface area contributed by atoms with Gasteiger partial charge < -0.3 is 10.8 Å². The van der Waals surface area contributed by atoms with Crippen molar-refractivity contribution in [1.29, 1.82) is 0 Å². The first-order chi connectivity index (χ1) is 8.61. The number of rotatable bonds is 3. The largest absolute Gasteiger partial charge is 0.508 e. The van der Waals surface area contributed by atoms with E-state index in [1.54, 1.807) is 12.1 Å². The van der Waals surface area contributed by atoms with E-state index >= 15 is 0 Å². The molecule has 0 amide bonds. The third-order valence-corrected chi connectivity index (χ3v) is 3.76. The van der Waals surface area contributed by atoms with Crippen molar-refractivity contribution in [3.8, 4) is 16.9 Å². The van der Waals surface area contributed by atoms with Crippen molar-refractivity contribution >= 4 is 21.6 Å². The molecule has 0 saturated carbocycles. The molecule has 0 aliphatic carbocycles. The Kier molecular flexibility index (Phi) is 3.92. The predicted octanol–water partition coefficient (Wildman–Crippen LogP) is 4.36. The fraction of sp³-hybridized carbons (Fsp3) is 0.200. The maximum Gasteiger partial charge on any atom is 0.115 e. The van der Waals surface area contributed by atoms with Crippen LogP contribution in [0.25, 0.3) is 11.1 Å². The number of phenols is 1. The number of benzene rings is 2. The molecular weight excluding hydrogens is 290 g/mol. The Balaban J connectivity index is 2.51. The van der Waals surface area contributed by atoms with Crippen LogP contribution in [0, 0.1) is 0 Å². The number of halogens is 1. The van der Waals surface area contributed by atoms with Crippen LogP contribution in [0.4, 0.5) is 5.69 Å². The number of hydrogen-bond donors (Lipinski definition) is 2. The maximum atomic E-state index is 9.33. The summed E-state index contributed by atoms with van der Waals surface area (Å²) in [4.78, 5) is 0. The van der Waals surface area contributed by atoms with Gasteiger partial charge in [-0.3, -0.25) is 0 Å². The second kappa shape index (κ2) is 5.44. The van der Waals surface area contributed by atoms with Gasteiger partial charge in [0.25, 0.3) is 0 Å². The highest BCUT2D eigenvalue weighted by Gasteiger charge is 2.08. The molecule has 0 saturated heterocycles. The third-order valence-electron chi connectivity index (χ3n) is 2.88. The summed E-state index contributed by atoms with van der Waals surface area (Å²) in [6, 6.07) is 11.3. The number of aryl methyl sites for hydroxylation is 1. The van der Waals surface area contributed by atoms with Crippen LogP contribution in [0.1, 0.15) is 18.9 Å². The average molecular weight is 306 g/mol. The molecule has 2 rings (SSSR count). The van der Waals surface area contributed by atoms with Gasteiger partial charge in [0.1, 0.15) is 5.75 Å². The molecule has 0 atom stereocenters. The van der Waals surface area contributed by atoms with Crippen molar-refractivity contribution in [1.82, 2.24) is 0 Å². The molecule has 3 heteroatoms. The summed E-state index contributed by atoms with van der Waals surface area (Å²) < 4.78 is 0.910. The lowest BCUT2D eigenvalue weighted by atomic mass is 10.00. The lowest BCUT2D eigenvalue weighted by molar-refractivity contribution is 0.475. The van der Waals surface area contributed by atoms with Crippen molar-refractivity contribution in [3.63, 3.8) is 0 Å². The van der Waals surface area contributed by atoms with E-state index in [9.17, 15) is 5.11 Å². The minimum Gasteiger partial charge on any atom is -0.508 e. The Labute approximate surface area is 116 Å². The fourth-order valence-corrected chi connectivity index (χ4v) is 2.45. The first-order valence-electron chi connectivity index (χ1n) is 5.99. The monoisotopic (exact) mass is 305 g/mol. The summed E-state index contributed by atoms with van der Waals surface area (Å²) >= 11 is 3.53.